The second-order valence-electron chi connectivity index (χ2n) is 5.13. The highest BCUT2D eigenvalue weighted by molar-refractivity contribution is 7.88. The molecule has 1 aliphatic heterocycles. The summed E-state index contributed by atoms with van der Waals surface area (Å²) in [4.78, 5) is 24.1. The molecule has 0 radical (unpaired) electrons. The Morgan fingerprint density at radius 3 is 2.45 bits per heavy atom. The molecular formula is C11H14F3NO4S. The highest BCUT2D eigenvalue weighted by Crippen LogP contribution is 2.36. The predicted molar refractivity (Wildman–Crippen MR) is 62.1 cm³/mol. The van der Waals surface area contributed by atoms with E-state index in [4.69, 9.17) is 0 Å². The van der Waals surface area contributed by atoms with Gasteiger partial charge in [0.15, 0.2) is 0 Å². The van der Waals surface area contributed by atoms with Gasteiger partial charge in [-0.1, -0.05) is 16.7 Å². The van der Waals surface area contributed by atoms with Crippen molar-refractivity contribution < 1.29 is 30.7 Å². The topological polar surface area (TPSA) is 71.5 Å². The van der Waals surface area contributed by atoms with E-state index in [1.165, 1.54) is 0 Å². The van der Waals surface area contributed by atoms with Crippen LogP contribution in [0.5, 0.6) is 0 Å². The third-order valence-electron chi connectivity index (χ3n) is 3.96. The second kappa shape index (κ2) is 5.01. The van der Waals surface area contributed by atoms with Crippen LogP contribution in [0.15, 0.2) is 0 Å². The van der Waals surface area contributed by atoms with Crippen molar-refractivity contribution in [2.75, 3.05) is 6.54 Å². The number of ketones is 1. The molecule has 1 heterocycles. The summed E-state index contributed by atoms with van der Waals surface area (Å²) in [5, 5.41) is -5.09. The maximum Gasteiger partial charge on any atom is 0.451 e. The van der Waals surface area contributed by atoms with E-state index in [0.717, 1.165) is 6.42 Å². The van der Waals surface area contributed by atoms with Crippen molar-refractivity contribution in [2.24, 2.45) is 5.92 Å². The van der Waals surface area contributed by atoms with Crippen LogP contribution >= 0.6 is 0 Å². The molecule has 2 aliphatic rings. The minimum absolute atomic E-state index is 0.102. The molecule has 0 spiro atoms. The summed E-state index contributed by atoms with van der Waals surface area (Å²) in [6.07, 6.45) is 2.15. The lowest BCUT2D eigenvalue weighted by atomic mass is 9.77. The first-order valence-electron chi connectivity index (χ1n) is 6.32. The van der Waals surface area contributed by atoms with E-state index < -0.39 is 33.3 Å². The molecule has 0 aromatic carbocycles. The van der Waals surface area contributed by atoms with Crippen molar-refractivity contribution in [3.8, 4) is 0 Å². The Kier molecular flexibility index (Phi) is 3.83. The van der Waals surface area contributed by atoms with Crippen molar-refractivity contribution in [1.82, 2.24) is 4.90 Å². The molecule has 0 aromatic heterocycles. The van der Waals surface area contributed by atoms with Gasteiger partial charge in [0.2, 0.25) is 0 Å². The van der Waals surface area contributed by atoms with Crippen LogP contribution < -0.4 is 0 Å². The number of piperidine rings is 1. The number of rotatable bonds is 2. The number of fused-ring (bicyclic) bond motifs is 1. The molecule has 5 nitrogen and oxygen atoms in total. The first kappa shape index (κ1) is 15.3. The fourth-order valence-electron chi connectivity index (χ4n) is 2.97. The zero-order valence-electron chi connectivity index (χ0n) is 10.5. The van der Waals surface area contributed by atoms with E-state index in [0.29, 0.717) is 24.2 Å². The lowest BCUT2D eigenvalue weighted by Gasteiger charge is -2.43. The fraction of sp³-hybridized carbons (Fsp3) is 0.818. The van der Waals surface area contributed by atoms with Crippen molar-refractivity contribution >= 4 is 21.9 Å². The minimum atomic E-state index is -6.31. The zero-order chi connectivity index (χ0) is 15.1. The molecule has 114 valence electrons. The minimum Gasteiger partial charge on any atom is -0.332 e. The number of alkyl halides is 2. The molecule has 1 amide bonds. The Morgan fingerprint density at radius 1 is 1.25 bits per heavy atom. The summed E-state index contributed by atoms with van der Waals surface area (Å²) in [6.45, 7) is -0.288. The maximum absolute atomic E-state index is 13.3. The smallest absolute Gasteiger partial charge is 0.332 e. The van der Waals surface area contributed by atoms with Gasteiger partial charge in [-0.3, -0.25) is 9.59 Å². The first-order valence-corrected chi connectivity index (χ1v) is 7.70. The van der Waals surface area contributed by atoms with Crippen LogP contribution in [0.25, 0.3) is 0 Å². The molecule has 0 aromatic rings. The average molecular weight is 313 g/mol. The van der Waals surface area contributed by atoms with Gasteiger partial charge < -0.3 is 4.90 Å². The van der Waals surface area contributed by atoms with Gasteiger partial charge in [0.1, 0.15) is 5.78 Å². The number of halogens is 3. The Bertz CT molecular complexity index is 534. The number of likely N-dealkylation sites (tertiary alicyclic amines) is 1. The summed E-state index contributed by atoms with van der Waals surface area (Å²) < 4.78 is 60.1. The van der Waals surface area contributed by atoms with Gasteiger partial charge in [-0.25, -0.2) is 0 Å². The molecule has 2 atom stereocenters. The number of amides is 1. The number of hydrogen-bond acceptors (Lipinski definition) is 4. The number of carbonyl (C=O) groups is 2. The molecule has 20 heavy (non-hydrogen) atoms. The molecule has 9 heteroatoms. The van der Waals surface area contributed by atoms with Crippen LogP contribution in [-0.4, -0.2) is 42.8 Å². The van der Waals surface area contributed by atoms with E-state index in [1.807, 2.05) is 0 Å². The number of carbonyl (C=O) groups excluding carboxylic acids is 2. The monoisotopic (exact) mass is 313 g/mol. The first-order chi connectivity index (χ1) is 9.16. The summed E-state index contributed by atoms with van der Waals surface area (Å²) in [7, 11) is -6.31. The molecule has 1 saturated carbocycles. The third kappa shape index (κ3) is 2.43. The summed E-state index contributed by atoms with van der Waals surface area (Å²) in [5.74, 6) is -2.71. The molecule has 2 unspecified atom stereocenters. The average Bonchev–Trinajstić information content (AvgIpc) is 2.37. The van der Waals surface area contributed by atoms with Gasteiger partial charge in [-0.15, -0.1) is 0 Å². The van der Waals surface area contributed by atoms with Gasteiger partial charge in [-0.2, -0.15) is 17.2 Å². The largest absolute Gasteiger partial charge is 0.451 e. The molecule has 0 N–H and O–H groups in total. The van der Waals surface area contributed by atoms with Gasteiger partial charge in [0.25, 0.3) is 0 Å². The molecule has 2 fully saturated rings. The summed E-state index contributed by atoms with van der Waals surface area (Å²) in [5.41, 5.74) is 0. The van der Waals surface area contributed by atoms with Gasteiger partial charge in [0, 0.05) is 24.9 Å². The van der Waals surface area contributed by atoms with Crippen LogP contribution in [0.3, 0.4) is 0 Å². The normalized spacial score (nSPS) is 28.1. The fourth-order valence-corrected chi connectivity index (χ4v) is 3.29. The quantitative estimate of drug-likeness (QED) is 0.719. The van der Waals surface area contributed by atoms with Crippen molar-refractivity contribution in [3.63, 3.8) is 0 Å². The Morgan fingerprint density at radius 2 is 1.85 bits per heavy atom. The SMILES string of the molecule is O=C1CCN(C(=O)C(F)(F)S(=O)(=O)F)C2CCCCC12. The standard InChI is InChI=1S/C11H14F3NO4S/c12-11(13,20(14,18)19)10(17)15-6-5-9(16)7-3-1-2-4-8(7)15/h7-8H,1-6H2. The molecule has 0 bridgehead atoms. The number of hydrogen-bond donors (Lipinski definition) is 0. The molecule has 1 aliphatic carbocycles. The van der Waals surface area contributed by atoms with E-state index in [-0.39, 0.29) is 18.7 Å². The van der Waals surface area contributed by atoms with Crippen LogP contribution in [0.1, 0.15) is 32.1 Å². The lowest BCUT2D eigenvalue weighted by molar-refractivity contribution is -0.156. The van der Waals surface area contributed by atoms with Crippen LogP contribution in [0.4, 0.5) is 12.7 Å². The summed E-state index contributed by atoms with van der Waals surface area (Å²) in [6, 6.07) is -0.745. The number of Topliss-reactive ketones (excluding diaryl/α,β-unsaturated/α-hetero) is 1. The van der Waals surface area contributed by atoms with Crippen molar-refractivity contribution in [3.05, 3.63) is 0 Å². The summed E-state index contributed by atoms with van der Waals surface area (Å²) >= 11 is 0. The van der Waals surface area contributed by atoms with Crippen LogP contribution in [0, 0.1) is 5.92 Å². The van der Waals surface area contributed by atoms with Crippen LogP contribution in [0.2, 0.25) is 0 Å². The second-order valence-corrected chi connectivity index (χ2v) is 6.52. The predicted octanol–water partition coefficient (Wildman–Crippen LogP) is 1.24. The molecule has 1 saturated heterocycles. The van der Waals surface area contributed by atoms with Gasteiger partial charge in [0.05, 0.1) is 0 Å². The Hall–Kier alpha value is -1.12. The van der Waals surface area contributed by atoms with E-state index >= 15 is 0 Å². The van der Waals surface area contributed by atoms with E-state index in [9.17, 15) is 30.7 Å². The van der Waals surface area contributed by atoms with Crippen molar-refractivity contribution in [1.29, 1.82) is 0 Å². The maximum atomic E-state index is 13.3. The highest BCUT2D eigenvalue weighted by atomic mass is 32.3. The van der Waals surface area contributed by atoms with Gasteiger partial charge >= 0.3 is 21.4 Å². The third-order valence-corrected chi connectivity index (χ3v) is 4.75. The van der Waals surface area contributed by atoms with Crippen molar-refractivity contribution in [2.45, 2.75) is 43.4 Å². The van der Waals surface area contributed by atoms with Gasteiger partial charge in [-0.05, 0) is 12.8 Å². The Balaban J connectivity index is 2.28. The lowest BCUT2D eigenvalue weighted by Crippen LogP contribution is -2.58. The van der Waals surface area contributed by atoms with E-state index in [2.05, 4.69) is 0 Å². The molecular weight excluding hydrogens is 299 g/mol. The van der Waals surface area contributed by atoms with E-state index in [1.54, 1.807) is 0 Å². The van der Waals surface area contributed by atoms with Crippen LogP contribution in [-0.2, 0) is 19.8 Å². The Labute approximate surface area is 114 Å². The zero-order valence-corrected chi connectivity index (χ0v) is 11.3. The molecule has 2 rings (SSSR count). The highest BCUT2D eigenvalue weighted by Gasteiger charge is 2.58. The number of nitrogens with zero attached hydrogens (tertiary/aromatic N) is 1.